The molecule has 0 aliphatic heterocycles. The van der Waals surface area contributed by atoms with Crippen LogP contribution in [0, 0.1) is 6.92 Å². The monoisotopic (exact) mass is 150 g/mol. The Morgan fingerprint density at radius 3 is 2.27 bits per heavy atom. The molecule has 0 atom stereocenters. The van der Waals surface area contributed by atoms with Gasteiger partial charge in [-0.25, -0.2) is 0 Å². The largest absolute Gasteiger partial charge is 0.291 e. The molecule has 0 spiro atoms. The van der Waals surface area contributed by atoms with E-state index in [9.17, 15) is 0 Å². The molecule has 11 heavy (non-hydrogen) atoms. The zero-order valence-electron chi connectivity index (χ0n) is 6.78. The first-order valence-corrected chi connectivity index (χ1v) is 3.52. The predicted octanol–water partition coefficient (Wildman–Crippen LogP) is 1.45. The van der Waals surface area contributed by atoms with Crippen molar-refractivity contribution in [2.45, 2.75) is 6.92 Å². The Bertz CT molecular complexity index is 257. The summed E-state index contributed by atoms with van der Waals surface area (Å²) in [6.45, 7) is 2.03. The maximum atomic E-state index is 8.85. The van der Waals surface area contributed by atoms with Gasteiger partial charge < -0.3 is 0 Å². The lowest BCUT2D eigenvalue weighted by atomic mass is 10.2. The minimum atomic E-state index is 1.00. The normalized spacial score (nSPS) is 11.6. The van der Waals surface area contributed by atoms with Gasteiger partial charge in [-0.1, -0.05) is 17.7 Å². The lowest BCUT2D eigenvalue weighted by molar-refractivity contribution is -0.750. The second-order valence-electron chi connectivity index (χ2n) is 2.61. The Kier molecular flexibility index (Phi) is 2.26. The predicted molar refractivity (Wildman–Crippen MR) is 44.3 cm³/mol. The third-order valence-corrected chi connectivity index (χ3v) is 1.41. The molecule has 1 aromatic carbocycles. The van der Waals surface area contributed by atoms with E-state index in [2.05, 4.69) is 0 Å². The summed E-state index contributed by atoms with van der Waals surface area (Å²) in [7, 11) is 1.58. The van der Waals surface area contributed by atoms with Crippen LogP contribution < -0.4 is 0 Å². The SMILES string of the molecule is Cc1ccc(/C=[N+](/C)O)cc1. The second-order valence-corrected chi connectivity index (χ2v) is 2.61. The summed E-state index contributed by atoms with van der Waals surface area (Å²) in [6.07, 6.45) is 1.65. The molecular weight excluding hydrogens is 138 g/mol. The van der Waals surface area contributed by atoms with Crippen LogP contribution >= 0.6 is 0 Å². The average Bonchev–Trinajstić information content (AvgIpc) is 1.93. The molecule has 0 aliphatic rings. The van der Waals surface area contributed by atoms with Crippen molar-refractivity contribution in [3.63, 3.8) is 0 Å². The highest BCUT2D eigenvalue weighted by molar-refractivity contribution is 5.75. The smallest absolute Gasteiger partial charge is 0.222 e. The van der Waals surface area contributed by atoms with Crippen LogP contribution in [0.4, 0.5) is 0 Å². The molecule has 0 bridgehead atoms. The van der Waals surface area contributed by atoms with Crippen LogP contribution in [0.15, 0.2) is 24.3 Å². The molecule has 0 aromatic heterocycles. The molecule has 2 heteroatoms. The molecule has 0 fully saturated rings. The minimum Gasteiger partial charge on any atom is -0.291 e. The van der Waals surface area contributed by atoms with E-state index >= 15 is 0 Å². The Morgan fingerprint density at radius 2 is 1.82 bits per heavy atom. The Balaban J connectivity index is 2.91. The first-order valence-electron chi connectivity index (χ1n) is 3.52. The van der Waals surface area contributed by atoms with E-state index in [-0.39, 0.29) is 0 Å². The summed E-state index contributed by atoms with van der Waals surface area (Å²) < 4.78 is 1.05. The van der Waals surface area contributed by atoms with Gasteiger partial charge in [-0.2, -0.15) is 0 Å². The van der Waals surface area contributed by atoms with Crippen molar-refractivity contribution in [1.29, 1.82) is 0 Å². The van der Waals surface area contributed by atoms with Gasteiger partial charge in [0.1, 0.15) is 0 Å². The first kappa shape index (κ1) is 7.79. The number of benzene rings is 1. The zero-order chi connectivity index (χ0) is 8.27. The fourth-order valence-electron chi connectivity index (χ4n) is 0.868. The van der Waals surface area contributed by atoms with Crippen LogP contribution in [0.25, 0.3) is 0 Å². The van der Waals surface area contributed by atoms with Gasteiger partial charge in [0, 0.05) is 5.56 Å². The highest BCUT2D eigenvalue weighted by Gasteiger charge is 1.92. The number of hydroxylamine groups is 1. The number of rotatable bonds is 1. The van der Waals surface area contributed by atoms with Gasteiger partial charge in [0.05, 0.1) is 0 Å². The molecule has 0 heterocycles. The summed E-state index contributed by atoms with van der Waals surface area (Å²) in [5.74, 6) is 0. The van der Waals surface area contributed by atoms with Crippen molar-refractivity contribution in [3.05, 3.63) is 35.4 Å². The molecule has 1 aromatic rings. The zero-order valence-corrected chi connectivity index (χ0v) is 6.78. The molecule has 58 valence electrons. The summed E-state index contributed by atoms with van der Waals surface area (Å²) in [5.41, 5.74) is 2.23. The topological polar surface area (TPSA) is 23.2 Å². The van der Waals surface area contributed by atoms with E-state index in [1.54, 1.807) is 13.3 Å². The van der Waals surface area contributed by atoms with Crippen molar-refractivity contribution < 1.29 is 9.95 Å². The Morgan fingerprint density at radius 1 is 1.27 bits per heavy atom. The second kappa shape index (κ2) is 3.19. The number of aryl methyl sites for hydroxylation is 1. The van der Waals surface area contributed by atoms with Crippen molar-refractivity contribution in [3.8, 4) is 0 Å². The van der Waals surface area contributed by atoms with Crippen LogP contribution in [0.2, 0.25) is 0 Å². The van der Waals surface area contributed by atoms with E-state index in [0.29, 0.717) is 0 Å². The Hall–Kier alpha value is -1.31. The van der Waals surface area contributed by atoms with Gasteiger partial charge in [0.2, 0.25) is 6.21 Å². The van der Waals surface area contributed by atoms with Crippen molar-refractivity contribution in [2.75, 3.05) is 7.05 Å². The highest BCUT2D eigenvalue weighted by atomic mass is 16.5. The van der Waals surface area contributed by atoms with Crippen molar-refractivity contribution in [1.82, 2.24) is 0 Å². The van der Waals surface area contributed by atoms with Gasteiger partial charge in [0.25, 0.3) is 0 Å². The third kappa shape index (κ3) is 2.42. The molecule has 0 saturated heterocycles. The van der Waals surface area contributed by atoms with Gasteiger partial charge in [-0.05, 0) is 23.8 Å². The summed E-state index contributed by atoms with van der Waals surface area (Å²) >= 11 is 0. The third-order valence-electron chi connectivity index (χ3n) is 1.41. The molecule has 0 radical (unpaired) electrons. The molecule has 0 unspecified atom stereocenters. The summed E-state index contributed by atoms with van der Waals surface area (Å²) in [6, 6.07) is 7.94. The number of nitrogens with zero attached hydrogens (tertiary/aromatic N) is 1. The van der Waals surface area contributed by atoms with Gasteiger partial charge in [0.15, 0.2) is 7.05 Å². The molecule has 2 nitrogen and oxygen atoms in total. The van der Waals surface area contributed by atoms with Crippen molar-refractivity contribution in [2.24, 2.45) is 0 Å². The van der Waals surface area contributed by atoms with Gasteiger partial charge >= 0.3 is 0 Å². The van der Waals surface area contributed by atoms with E-state index in [0.717, 1.165) is 10.3 Å². The first-order chi connectivity index (χ1) is 5.18. The molecule has 0 saturated carbocycles. The standard InChI is InChI=1S/C9H12NO/c1-8-3-5-9(6-4-8)7-10(2)11/h3-7,11H,1-2H3/q+1/b10-7-. The summed E-state index contributed by atoms with van der Waals surface area (Å²) in [5, 5.41) is 8.85. The number of hydrogen-bond donors (Lipinski definition) is 1. The molecular formula is C9H12NO+. The fourth-order valence-corrected chi connectivity index (χ4v) is 0.868. The fraction of sp³-hybridized carbons (Fsp3) is 0.222. The van der Waals surface area contributed by atoms with Gasteiger partial charge in [-0.15, -0.1) is 0 Å². The molecule has 0 aliphatic carbocycles. The van der Waals surface area contributed by atoms with Crippen LogP contribution in [0.1, 0.15) is 11.1 Å². The molecule has 1 rings (SSSR count). The molecule has 1 N–H and O–H groups in total. The van der Waals surface area contributed by atoms with Gasteiger partial charge in [-0.3, -0.25) is 5.21 Å². The molecule has 0 amide bonds. The van der Waals surface area contributed by atoms with Crippen LogP contribution in [0.5, 0.6) is 0 Å². The van der Waals surface area contributed by atoms with Crippen molar-refractivity contribution >= 4 is 6.21 Å². The van der Waals surface area contributed by atoms with Crippen LogP contribution in [0.3, 0.4) is 0 Å². The minimum absolute atomic E-state index is 1.00. The van der Waals surface area contributed by atoms with Crippen LogP contribution in [-0.4, -0.2) is 23.2 Å². The van der Waals surface area contributed by atoms with E-state index in [1.807, 2.05) is 31.2 Å². The van der Waals surface area contributed by atoms with E-state index < -0.39 is 0 Å². The average molecular weight is 150 g/mol. The Labute approximate surface area is 66.4 Å². The maximum Gasteiger partial charge on any atom is 0.222 e. The quantitative estimate of drug-likeness (QED) is 0.278. The number of hydrogen-bond acceptors (Lipinski definition) is 1. The highest BCUT2D eigenvalue weighted by Crippen LogP contribution is 1.99. The lowest BCUT2D eigenvalue weighted by Gasteiger charge is -1.90. The lowest BCUT2D eigenvalue weighted by Crippen LogP contribution is -2.00. The van der Waals surface area contributed by atoms with E-state index in [1.165, 1.54) is 5.56 Å². The summed E-state index contributed by atoms with van der Waals surface area (Å²) in [4.78, 5) is 0. The maximum absolute atomic E-state index is 8.85. The van der Waals surface area contributed by atoms with E-state index in [4.69, 9.17) is 5.21 Å². The van der Waals surface area contributed by atoms with Crippen LogP contribution in [-0.2, 0) is 0 Å².